The van der Waals surface area contributed by atoms with Crippen molar-refractivity contribution in [2.24, 2.45) is 0 Å². The van der Waals surface area contributed by atoms with Crippen LogP contribution in [0, 0.1) is 27.7 Å². The number of hydrogen-bond donors (Lipinski definition) is 0. The summed E-state index contributed by atoms with van der Waals surface area (Å²) in [6, 6.07) is 2.70. The molecule has 0 spiro atoms. The molecule has 3 rings (SSSR count). The molecule has 0 amide bonds. The van der Waals surface area contributed by atoms with Crippen molar-refractivity contribution in [1.82, 2.24) is 19.8 Å². The van der Waals surface area contributed by atoms with Crippen LogP contribution >= 0.6 is 0 Å². The van der Waals surface area contributed by atoms with E-state index in [4.69, 9.17) is 4.52 Å². The number of hydrogen-bond acceptors (Lipinski definition) is 4. The van der Waals surface area contributed by atoms with Crippen molar-refractivity contribution in [3.63, 3.8) is 0 Å². The number of rotatable bonds is 4. The van der Waals surface area contributed by atoms with Crippen molar-refractivity contribution in [3.05, 3.63) is 34.5 Å². The lowest BCUT2D eigenvalue weighted by Gasteiger charge is -2.24. The molecular weight excluding hydrogens is 264 g/mol. The largest absolute Gasteiger partial charge is 0.361 e. The van der Waals surface area contributed by atoms with Crippen molar-refractivity contribution in [3.8, 4) is 0 Å². The number of likely N-dealkylation sites (tertiary alicyclic amines) is 1. The predicted molar refractivity (Wildman–Crippen MR) is 81.1 cm³/mol. The molecular formula is C16H24N4O. The lowest BCUT2D eigenvalue weighted by atomic mass is 10.1. The molecule has 114 valence electrons. The maximum atomic E-state index is 5.29. The van der Waals surface area contributed by atoms with Crippen LogP contribution in [0.3, 0.4) is 0 Å². The molecule has 1 aliphatic rings. The van der Waals surface area contributed by atoms with Gasteiger partial charge < -0.3 is 4.52 Å². The molecule has 2 aromatic heterocycles. The van der Waals surface area contributed by atoms with E-state index in [1.807, 2.05) is 13.8 Å². The summed E-state index contributed by atoms with van der Waals surface area (Å²) in [7, 11) is 0. The topological polar surface area (TPSA) is 47.1 Å². The number of aromatic nitrogens is 3. The Morgan fingerprint density at radius 2 is 2.10 bits per heavy atom. The SMILES string of the molecule is Cc1cc(C)n(C[C@H]2CCCN2Cc2c(C)noc2C)n1. The molecule has 3 heterocycles. The second-order valence-corrected chi connectivity index (χ2v) is 6.18. The van der Waals surface area contributed by atoms with Crippen LogP contribution in [-0.2, 0) is 13.1 Å². The minimum absolute atomic E-state index is 0.552. The van der Waals surface area contributed by atoms with Crippen LogP contribution in [0.4, 0.5) is 0 Å². The van der Waals surface area contributed by atoms with E-state index in [0.29, 0.717) is 6.04 Å². The molecule has 0 saturated carbocycles. The molecule has 0 radical (unpaired) electrons. The number of nitrogens with zero attached hydrogens (tertiary/aromatic N) is 4. The number of aryl methyl sites for hydroxylation is 4. The Morgan fingerprint density at radius 1 is 1.29 bits per heavy atom. The minimum atomic E-state index is 0.552. The van der Waals surface area contributed by atoms with E-state index >= 15 is 0 Å². The molecule has 21 heavy (non-hydrogen) atoms. The summed E-state index contributed by atoms with van der Waals surface area (Å²) in [4.78, 5) is 2.54. The third kappa shape index (κ3) is 2.88. The molecule has 0 bridgehead atoms. The van der Waals surface area contributed by atoms with Gasteiger partial charge in [0, 0.05) is 23.8 Å². The highest BCUT2D eigenvalue weighted by molar-refractivity contribution is 5.20. The monoisotopic (exact) mass is 288 g/mol. The van der Waals surface area contributed by atoms with Crippen LogP contribution < -0.4 is 0 Å². The van der Waals surface area contributed by atoms with Gasteiger partial charge in [-0.3, -0.25) is 9.58 Å². The average Bonchev–Trinajstić information content (AvgIpc) is 3.08. The summed E-state index contributed by atoms with van der Waals surface area (Å²) in [5, 5.41) is 8.66. The van der Waals surface area contributed by atoms with Crippen LogP contribution in [-0.4, -0.2) is 32.4 Å². The van der Waals surface area contributed by atoms with Crippen LogP contribution in [0.15, 0.2) is 10.6 Å². The first-order valence-electron chi connectivity index (χ1n) is 7.71. The molecule has 0 unspecified atom stereocenters. The zero-order valence-electron chi connectivity index (χ0n) is 13.4. The fraction of sp³-hybridized carbons (Fsp3) is 0.625. The molecule has 5 heteroatoms. The molecule has 1 fully saturated rings. The standard InChI is InChI=1S/C16H24N4O/c1-11-8-12(2)20(17-11)9-15-6-5-7-19(15)10-16-13(3)18-21-14(16)4/h8,15H,5-7,9-10H2,1-4H3/t15-/m1/s1. The Balaban J connectivity index is 1.72. The van der Waals surface area contributed by atoms with E-state index < -0.39 is 0 Å². The van der Waals surface area contributed by atoms with Gasteiger partial charge in [0.05, 0.1) is 17.9 Å². The van der Waals surface area contributed by atoms with Gasteiger partial charge in [-0.25, -0.2) is 0 Å². The van der Waals surface area contributed by atoms with Gasteiger partial charge in [-0.1, -0.05) is 5.16 Å². The fourth-order valence-electron chi connectivity index (χ4n) is 3.30. The summed E-state index contributed by atoms with van der Waals surface area (Å²) in [6.45, 7) is 11.3. The average molecular weight is 288 g/mol. The van der Waals surface area contributed by atoms with Crippen LogP contribution in [0.25, 0.3) is 0 Å². The first-order chi connectivity index (χ1) is 10.0. The van der Waals surface area contributed by atoms with Gasteiger partial charge >= 0.3 is 0 Å². The van der Waals surface area contributed by atoms with E-state index in [1.165, 1.54) is 24.1 Å². The third-order valence-corrected chi connectivity index (χ3v) is 4.53. The van der Waals surface area contributed by atoms with Crippen molar-refractivity contribution < 1.29 is 4.52 Å². The molecule has 1 atom stereocenters. The summed E-state index contributed by atoms with van der Waals surface area (Å²) in [6.07, 6.45) is 2.50. The normalized spacial score (nSPS) is 19.5. The molecule has 0 N–H and O–H groups in total. The third-order valence-electron chi connectivity index (χ3n) is 4.53. The molecule has 5 nitrogen and oxygen atoms in total. The van der Waals surface area contributed by atoms with Crippen molar-refractivity contribution >= 4 is 0 Å². The van der Waals surface area contributed by atoms with Gasteiger partial charge in [0.25, 0.3) is 0 Å². The van der Waals surface area contributed by atoms with Crippen molar-refractivity contribution in [1.29, 1.82) is 0 Å². The highest BCUT2D eigenvalue weighted by Gasteiger charge is 2.27. The highest BCUT2D eigenvalue weighted by Crippen LogP contribution is 2.24. The van der Waals surface area contributed by atoms with Crippen molar-refractivity contribution in [2.45, 2.75) is 59.7 Å². The Labute approximate surface area is 125 Å². The van der Waals surface area contributed by atoms with Gasteiger partial charge in [-0.2, -0.15) is 5.10 Å². The first kappa shape index (κ1) is 14.3. The Kier molecular flexibility index (Phi) is 3.85. The maximum absolute atomic E-state index is 5.29. The van der Waals surface area contributed by atoms with Crippen LogP contribution in [0.1, 0.15) is 41.2 Å². The fourth-order valence-corrected chi connectivity index (χ4v) is 3.30. The van der Waals surface area contributed by atoms with Gasteiger partial charge in [-0.15, -0.1) is 0 Å². The van der Waals surface area contributed by atoms with Gasteiger partial charge in [0.2, 0.25) is 0 Å². The Bertz CT molecular complexity index is 609. The lowest BCUT2D eigenvalue weighted by Crippen LogP contribution is -2.33. The van der Waals surface area contributed by atoms with E-state index in [-0.39, 0.29) is 0 Å². The summed E-state index contributed by atoms with van der Waals surface area (Å²) in [5.74, 6) is 0.948. The Hall–Kier alpha value is -1.62. The van der Waals surface area contributed by atoms with E-state index in [0.717, 1.165) is 36.8 Å². The smallest absolute Gasteiger partial charge is 0.138 e. The maximum Gasteiger partial charge on any atom is 0.138 e. The zero-order chi connectivity index (χ0) is 15.0. The molecule has 0 aliphatic carbocycles. The quantitative estimate of drug-likeness (QED) is 0.868. The van der Waals surface area contributed by atoms with Gasteiger partial charge in [0.1, 0.15) is 5.76 Å². The minimum Gasteiger partial charge on any atom is -0.361 e. The molecule has 1 aliphatic heterocycles. The molecule has 2 aromatic rings. The van der Waals surface area contributed by atoms with Gasteiger partial charge in [-0.05, 0) is 53.1 Å². The zero-order valence-corrected chi connectivity index (χ0v) is 13.4. The van der Waals surface area contributed by atoms with E-state index in [1.54, 1.807) is 0 Å². The van der Waals surface area contributed by atoms with Gasteiger partial charge in [0.15, 0.2) is 0 Å². The predicted octanol–water partition coefficient (Wildman–Crippen LogP) is 2.77. The van der Waals surface area contributed by atoms with E-state index in [2.05, 4.69) is 39.8 Å². The van der Waals surface area contributed by atoms with Crippen LogP contribution in [0.5, 0.6) is 0 Å². The summed E-state index contributed by atoms with van der Waals surface area (Å²) >= 11 is 0. The molecule has 0 aromatic carbocycles. The second-order valence-electron chi connectivity index (χ2n) is 6.18. The van der Waals surface area contributed by atoms with Crippen LogP contribution in [0.2, 0.25) is 0 Å². The molecule has 1 saturated heterocycles. The summed E-state index contributed by atoms with van der Waals surface area (Å²) in [5.41, 5.74) is 4.61. The first-order valence-corrected chi connectivity index (χ1v) is 7.71. The second kappa shape index (κ2) is 5.64. The lowest BCUT2D eigenvalue weighted by molar-refractivity contribution is 0.216. The highest BCUT2D eigenvalue weighted by atomic mass is 16.5. The Morgan fingerprint density at radius 3 is 2.71 bits per heavy atom. The summed E-state index contributed by atoms with van der Waals surface area (Å²) < 4.78 is 7.43. The van der Waals surface area contributed by atoms with E-state index in [9.17, 15) is 0 Å². The van der Waals surface area contributed by atoms with Crippen molar-refractivity contribution in [2.75, 3.05) is 6.54 Å².